The molecule has 22 heavy (non-hydrogen) atoms. The van der Waals surface area contributed by atoms with E-state index < -0.39 is 11.8 Å². The number of nitrogens with one attached hydrogen (secondary N) is 2. The van der Waals surface area contributed by atoms with Gasteiger partial charge < -0.3 is 0 Å². The average Bonchev–Trinajstić information content (AvgIpc) is 2.52. The third kappa shape index (κ3) is 4.64. The van der Waals surface area contributed by atoms with E-state index in [2.05, 4.69) is 34.9 Å². The molecule has 2 atom stereocenters. The highest BCUT2D eigenvalue weighted by molar-refractivity contribution is 6.35. The quantitative estimate of drug-likeness (QED) is 0.606. The van der Waals surface area contributed by atoms with E-state index in [-0.39, 0.29) is 0 Å². The summed E-state index contributed by atoms with van der Waals surface area (Å²) in [5.74, 6) is -0.753. The zero-order valence-corrected chi connectivity index (χ0v) is 13.5. The monoisotopic (exact) mass is 306 g/mol. The molecule has 2 rings (SSSR count). The Hall–Kier alpha value is -1.72. The van der Waals surface area contributed by atoms with Gasteiger partial charge in [-0.3, -0.25) is 9.59 Å². The summed E-state index contributed by atoms with van der Waals surface area (Å²) in [4.78, 5) is 23.5. The molecule has 0 aromatic heterocycles. The van der Waals surface area contributed by atoms with Gasteiger partial charge >= 0.3 is 11.8 Å². The first kappa shape index (κ1) is 16.6. The standard InChI is InChI=1S/C16H26N4O2/c1-11-7-3-5-9-13(11)17-19-15(21)16(22)20-18-14-10-6-4-8-12(14)2/h11-12H,3-10H2,1-2H3,(H,19,21)(H,20,22)/b17-13-,18-14-/t11-,12-/m1/s1. The van der Waals surface area contributed by atoms with E-state index in [1.165, 1.54) is 12.8 Å². The highest BCUT2D eigenvalue weighted by Gasteiger charge is 2.19. The van der Waals surface area contributed by atoms with Gasteiger partial charge in [-0.2, -0.15) is 10.2 Å². The van der Waals surface area contributed by atoms with Crippen molar-refractivity contribution in [3.8, 4) is 0 Å². The van der Waals surface area contributed by atoms with Crippen molar-refractivity contribution in [2.24, 2.45) is 22.0 Å². The van der Waals surface area contributed by atoms with Gasteiger partial charge in [0.15, 0.2) is 0 Å². The lowest BCUT2D eigenvalue weighted by Gasteiger charge is -2.20. The highest BCUT2D eigenvalue weighted by Crippen LogP contribution is 2.21. The number of carbonyl (C=O) groups is 2. The van der Waals surface area contributed by atoms with Crippen LogP contribution in [0.5, 0.6) is 0 Å². The van der Waals surface area contributed by atoms with E-state index >= 15 is 0 Å². The summed E-state index contributed by atoms with van der Waals surface area (Å²) in [5.41, 5.74) is 6.64. The molecular weight excluding hydrogens is 280 g/mol. The first-order chi connectivity index (χ1) is 10.6. The summed E-state index contributed by atoms with van der Waals surface area (Å²) in [6, 6.07) is 0. The van der Waals surface area contributed by atoms with Gasteiger partial charge in [0.25, 0.3) is 0 Å². The largest absolute Gasteiger partial charge is 0.331 e. The van der Waals surface area contributed by atoms with Crippen molar-refractivity contribution in [3.63, 3.8) is 0 Å². The molecule has 0 aromatic rings. The van der Waals surface area contributed by atoms with Crippen LogP contribution in [0.3, 0.4) is 0 Å². The Labute approximate surface area is 131 Å². The Morgan fingerprint density at radius 1 is 0.818 bits per heavy atom. The van der Waals surface area contributed by atoms with Crippen molar-refractivity contribution in [2.45, 2.75) is 65.2 Å². The fourth-order valence-electron chi connectivity index (χ4n) is 3.02. The van der Waals surface area contributed by atoms with Crippen molar-refractivity contribution in [3.05, 3.63) is 0 Å². The summed E-state index contributed by atoms with van der Waals surface area (Å²) < 4.78 is 0. The number of nitrogens with zero attached hydrogens (tertiary/aromatic N) is 2. The molecule has 2 fully saturated rings. The number of carbonyl (C=O) groups excluding carboxylic acids is 2. The first-order valence-corrected chi connectivity index (χ1v) is 8.31. The fourth-order valence-corrected chi connectivity index (χ4v) is 3.02. The maximum atomic E-state index is 11.7. The molecule has 2 amide bonds. The van der Waals surface area contributed by atoms with Crippen LogP contribution < -0.4 is 10.9 Å². The first-order valence-electron chi connectivity index (χ1n) is 8.31. The van der Waals surface area contributed by atoms with Crippen molar-refractivity contribution < 1.29 is 9.59 Å². The normalized spacial score (nSPS) is 29.4. The minimum absolute atomic E-state index is 0.375. The molecule has 0 aromatic carbocycles. The summed E-state index contributed by atoms with van der Waals surface area (Å²) in [6.45, 7) is 4.20. The lowest BCUT2D eigenvalue weighted by atomic mass is 9.89. The number of amides is 2. The molecular formula is C16H26N4O2. The Morgan fingerprint density at radius 2 is 1.23 bits per heavy atom. The Balaban J connectivity index is 1.83. The van der Waals surface area contributed by atoms with E-state index in [9.17, 15) is 9.59 Å². The Morgan fingerprint density at radius 3 is 1.59 bits per heavy atom. The summed E-state index contributed by atoms with van der Waals surface area (Å²) in [7, 11) is 0. The molecule has 0 saturated heterocycles. The van der Waals surface area contributed by atoms with Crippen LogP contribution in [0, 0.1) is 11.8 Å². The minimum Gasteiger partial charge on any atom is -0.262 e. The summed E-state index contributed by atoms with van der Waals surface area (Å²) >= 11 is 0. The molecule has 122 valence electrons. The number of hydrazone groups is 2. The third-order valence-corrected chi connectivity index (χ3v) is 4.59. The predicted octanol–water partition coefficient (Wildman–Crippen LogP) is 2.35. The SMILES string of the molecule is C[C@@H]1CCCC/C1=N/NC(=O)C(=O)N/N=C1/CCCC[C@H]1C. The number of hydrogen-bond donors (Lipinski definition) is 2. The van der Waals surface area contributed by atoms with Gasteiger partial charge in [0.05, 0.1) is 0 Å². The van der Waals surface area contributed by atoms with Crippen LogP contribution in [-0.4, -0.2) is 23.2 Å². The Bertz CT molecular complexity index is 441. The lowest BCUT2D eigenvalue weighted by Crippen LogP contribution is -2.37. The lowest BCUT2D eigenvalue weighted by molar-refractivity contribution is -0.139. The summed E-state index contributed by atoms with van der Waals surface area (Å²) in [5, 5.41) is 8.21. The molecule has 6 nitrogen and oxygen atoms in total. The van der Waals surface area contributed by atoms with E-state index in [1.54, 1.807) is 0 Å². The van der Waals surface area contributed by atoms with Gasteiger partial charge in [0.1, 0.15) is 0 Å². The summed E-state index contributed by atoms with van der Waals surface area (Å²) in [6.07, 6.45) is 8.55. The zero-order valence-electron chi connectivity index (χ0n) is 13.5. The third-order valence-electron chi connectivity index (χ3n) is 4.59. The van der Waals surface area contributed by atoms with E-state index in [0.29, 0.717) is 11.8 Å². The highest BCUT2D eigenvalue weighted by atomic mass is 16.2. The van der Waals surface area contributed by atoms with Crippen LogP contribution >= 0.6 is 0 Å². The predicted molar refractivity (Wildman–Crippen MR) is 86.4 cm³/mol. The molecule has 2 saturated carbocycles. The van der Waals surface area contributed by atoms with Crippen LogP contribution in [0.15, 0.2) is 10.2 Å². The maximum Gasteiger partial charge on any atom is 0.331 e. The molecule has 6 heteroatoms. The molecule has 2 aliphatic carbocycles. The molecule has 0 unspecified atom stereocenters. The molecule has 0 aliphatic heterocycles. The van der Waals surface area contributed by atoms with Crippen LogP contribution in [0.2, 0.25) is 0 Å². The van der Waals surface area contributed by atoms with Crippen molar-refractivity contribution >= 4 is 23.2 Å². The van der Waals surface area contributed by atoms with Gasteiger partial charge in [0, 0.05) is 11.4 Å². The van der Waals surface area contributed by atoms with Crippen LogP contribution in [0.25, 0.3) is 0 Å². The van der Waals surface area contributed by atoms with Crippen LogP contribution in [-0.2, 0) is 9.59 Å². The second-order valence-electron chi connectivity index (χ2n) is 6.38. The smallest absolute Gasteiger partial charge is 0.262 e. The van der Waals surface area contributed by atoms with Gasteiger partial charge in [-0.05, 0) is 50.4 Å². The van der Waals surface area contributed by atoms with Crippen molar-refractivity contribution in [2.75, 3.05) is 0 Å². The molecule has 2 N–H and O–H groups in total. The molecule has 2 aliphatic rings. The second kappa shape index (κ2) is 8.06. The molecule has 0 heterocycles. The van der Waals surface area contributed by atoms with Crippen LogP contribution in [0.4, 0.5) is 0 Å². The minimum atomic E-state index is -0.752. The van der Waals surface area contributed by atoms with Gasteiger partial charge in [-0.25, -0.2) is 10.9 Å². The molecule has 0 spiro atoms. The average molecular weight is 306 g/mol. The number of rotatable bonds is 2. The van der Waals surface area contributed by atoms with E-state index in [1.807, 2.05) is 0 Å². The molecule has 0 radical (unpaired) electrons. The van der Waals surface area contributed by atoms with Gasteiger partial charge in [-0.15, -0.1) is 0 Å². The number of hydrogen-bond acceptors (Lipinski definition) is 4. The fraction of sp³-hybridized carbons (Fsp3) is 0.750. The van der Waals surface area contributed by atoms with Crippen LogP contribution in [0.1, 0.15) is 65.2 Å². The van der Waals surface area contributed by atoms with Crippen molar-refractivity contribution in [1.29, 1.82) is 0 Å². The van der Waals surface area contributed by atoms with E-state index in [0.717, 1.165) is 49.9 Å². The molecule has 0 bridgehead atoms. The zero-order chi connectivity index (χ0) is 15.9. The maximum absolute atomic E-state index is 11.7. The van der Waals surface area contributed by atoms with Gasteiger partial charge in [0.2, 0.25) is 0 Å². The van der Waals surface area contributed by atoms with Gasteiger partial charge in [-0.1, -0.05) is 26.7 Å². The van der Waals surface area contributed by atoms with E-state index in [4.69, 9.17) is 0 Å². The Kier molecular flexibility index (Phi) is 6.10. The topological polar surface area (TPSA) is 82.9 Å². The second-order valence-corrected chi connectivity index (χ2v) is 6.38. The van der Waals surface area contributed by atoms with Crippen molar-refractivity contribution in [1.82, 2.24) is 10.9 Å².